The highest BCUT2D eigenvalue weighted by Gasteiger charge is 2.26. The van der Waals surface area contributed by atoms with Crippen LogP contribution in [0.5, 0.6) is 0 Å². The first-order chi connectivity index (χ1) is 11.0. The van der Waals surface area contributed by atoms with Crippen molar-refractivity contribution in [2.75, 3.05) is 0 Å². The second-order valence-electron chi connectivity index (χ2n) is 4.94. The maximum Gasteiger partial charge on any atom is 0.363 e. The van der Waals surface area contributed by atoms with Crippen LogP contribution in [0.3, 0.4) is 0 Å². The van der Waals surface area contributed by atoms with Crippen LogP contribution in [0.4, 0.5) is 8.78 Å². The number of cyclic esters (lactones) is 1. The fourth-order valence-electron chi connectivity index (χ4n) is 2.11. The Morgan fingerprint density at radius 3 is 2.61 bits per heavy atom. The molecule has 0 spiro atoms. The van der Waals surface area contributed by atoms with Crippen LogP contribution in [0.1, 0.15) is 16.7 Å². The van der Waals surface area contributed by atoms with Crippen LogP contribution in [0.15, 0.2) is 47.1 Å². The van der Waals surface area contributed by atoms with Crippen LogP contribution in [-0.4, -0.2) is 11.9 Å². The van der Waals surface area contributed by atoms with E-state index in [1.165, 1.54) is 0 Å². The van der Waals surface area contributed by atoms with E-state index in [9.17, 15) is 13.6 Å². The lowest BCUT2D eigenvalue weighted by molar-refractivity contribution is -0.129. The summed E-state index contributed by atoms with van der Waals surface area (Å²) in [6.45, 7) is 1.89. The molecule has 1 aliphatic rings. The molecule has 0 radical (unpaired) electrons. The van der Waals surface area contributed by atoms with Crippen LogP contribution < -0.4 is 0 Å². The third kappa shape index (κ3) is 3.00. The molecular formula is C17H10ClF2NO2. The summed E-state index contributed by atoms with van der Waals surface area (Å²) in [6.07, 6.45) is 1.57. The zero-order valence-corrected chi connectivity index (χ0v) is 12.7. The van der Waals surface area contributed by atoms with E-state index in [-0.39, 0.29) is 22.2 Å². The van der Waals surface area contributed by atoms with Gasteiger partial charge < -0.3 is 4.74 Å². The van der Waals surface area contributed by atoms with Gasteiger partial charge >= 0.3 is 5.97 Å². The van der Waals surface area contributed by atoms with Crippen molar-refractivity contribution in [1.29, 1.82) is 0 Å². The minimum Gasteiger partial charge on any atom is -0.402 e. The normalized spacial score (nSPS) is 15.7. The Bertz CT molecular complexity index is 875. The SMILES string of the molecule is Cc1ccccc1C=C1N=C(c2cc(F)c(F)cc2Cl)OC1=O. The lowest BCUT2D eigenvalue weighted by Gasteiger charge is -2.03. The summed E-state index contributed by atoms with van der Waals surface area (Å²) < 4.78 is 31.5. The molecule has 0 aromatic heterocycles. The summed E-state index contributed by atoms with van der Waals surface area (Å²) in [5.74, 6) is -3.01. The number of carbonyl (C=O) groups excluding carboxylic acids is 1. The van der Waals surface area contributed by atoms with E-state index in [0.717, 1.165) is 23.3 Å². The Labute approximate surface area is 135 Å². The molecule has 23 heavy (non-hydrogen) atoms. The van der Waals surface area contributed by atoms with Gasteiger partial charge in [0.05, 0.1) is 10.6 Å². The molecule has 116 valence electrons. The largest absolute Gasteiger partial charge is 0.402 e. The van der Waals surface area contributed by atoms with Gasteiger partial charge in [-0.3, -0.25) is 0 Å². The molecule has 0 saturated heterocycles. The lowest BCUT2D eigenvalue weighted by Crippen LogP contribution is -2.07. The molecule has 1 aliphatic heterocycles. The number of hydrogen-bond acceptors (Lipinski definition) is 3. The first-order valence-electron chi connectivity index (χ1n) is 6.69. The van der Waals surface area contributed by atoms with Crippen LogP contribution in [-0.2, 0) is 9.53 Å². The zero-order valence-electron chi connectivity index (χ0n) is 11.9. The van der Waals surface area contributed by atoms with Crippen molar-refractivity contribution in [1.82, 2.24) is 0 Å². The minimum absolute atomic E-state index is 0.0205. The van der Waals surface area contributed by atoms with Crippen LogP contribution >= 0.6 is 11.6 Å². The van der Waals surface area contributed by atoms with Gasteiger partial charge in [0.1, 0.15) is 0 Å². The van der Waals surface area contributed by atoms with Crippen molar-refractivity contribution in [2.24, 2.45) is 4.99 Å². The number of halogens is 3. The number of carbonyl (C=O) groups is 1. The number of nitrogens with zero attached hydrogens (tertiary/aromatic N) is 1. The Balaban J connectivity index is 2.03. The molecule has 1 heterocycles. The fraction of sp³-hybridized carbons (Fsp3) is 0.0588. The lowest BCUT2D eigenvalue weighted by atomic mass is 10.1. The molecule has 0 bridgehead atoms. The van der Waals surface area contributed by atoms with Crippen molar-refractivity contribution in [3.05, 3.63) is 75.4 Å². The number of esters is 1. The quantitative estimate of drug-likeness (QED) is 0.467. The van der Waals surface area contributed by atoms with E-state index in [2.05, 4.69) is 4.99 Å². The highest BCUT2D eigenvalue weighted by atomic mass is 35.5. The minimum atomic E-state index is -1.10. The van der Waals surface area contributed by atoms with E-state index < -0.39 is 17.6 Å². The van der Waals surface area contributed by atoms with Crippen LogP contribution in [0.25, 0.3) is 6.08 Å². The average Bonchev–Trinajstić information content (AvgIpc) is 2.86. The number of aliphatic imine (C=N–C) groups is 1. The highest BCUT2D eigenvalue weighted by molar-refractivity contribution is 6.34. The summed E-state index contributed by atoms with van der Waals surface area (Å²) in [5, 5.41) is -0.0902. The van der Waals surface area contributed by atoms with Gasteiger partial charge in [0.15, 0.2) is 17.3 Å². The Morgan fingerprint density at radius 1 is 1.17 bits per heavy atom. The second kappa shape index (κ2) is 5.93. The molecular weight excluding hydrogens is 324 g/mol. The molecule has 6 heteroatoms. The second-order valence-corrected chi connectivity index (χ2v) is 5.35. The van der Waals surface area contributed by atoms with Gasteiger partial charge in [0, 0.05) is 0 Å². The van der Waals surface area contributed by atoms with E-state index in [4.69, 9.17) is 16.3 Å². The predicted molar refractivity (Wildman–Crippen MR) is 83.2 cm³/mol. The molecule has 0 N–H and O–H groups in total. The Hall–Kier alpha value is -2.53. The summed E-state index contributed by atoms with van der Waals surface area (Å²) in [4.78, 5) is 16.0. The summed E-state index contributed by atoms with van der Waals surface area (Å²) in [7, 11) is 0. The molecule has 3 rings (SSSR count). The molecule has 0 fully saturated rings. The van der Waals surface area contributed by atoms with Crippen molar-refractivity contribution in [3.63, 3.8) is 0 Å². The van der Waals surface area contributed by atoms with Crippen molar-refractivity contribution in [3.8, 4) is 0 Å². The predicted octanol–water partition coefficient (Wildman–Crippen LogP) is 4.27. The topological polar surface area (TPSA) is 38.7 Å². The first kappa shape index (κ1) is 15.4. The summed E-state index contributed by atoms with van der Waals surface area (Å²) in [6, 6.07) is 9.08. The van der Waals surface area contributed by atoms with E-state index in [1.807, 2.05) is 31.2 Å². The molecule has 2 aromatic rings. The molecule has 0 atom stereocenters. The Kier molecular flexibility index (Phi) is 3.96. The molecule has 2 aromatic carbocycles. The number of hydrogen-bond donors (Lipinski definition) is 0. The highest BCUT2D eigenvalue weighted by Crippen LogP contribution is 2.26. The molecule has 0 aliphatic carbocycles. The van der Waals surface area contributed by atoms with Crippen LogP contribution in [0, 0.1) is 18.6 Å². The third-order valence-corrected chi connectivity index (χ3v) is 3.65. The fourth-order valence-corrected chi connectivity index (χ4v) is 2.34. The van der Waals surface area contributed by atoms with E-state index in [1.54, 1.807) is 6.08 Å². The maximum atomic E-state index is 13.4. The van der Waals surface area contributed by atoms with E-state index in [0.29, 0.717) is 0 Å². The number of ether oxygens (including phenoxy) is 1. The van der Waals surface area contributed by atoms with Crippen molar-refractivity contribution in [2.45, 2.75) is 6.92 Å². The number of aryl methyl sites for hydroxylation is 1. The number of benzene rings is 2. The summed E-state index contributed by atoms with van der Waals surface area (Å²) >= 11 is 5.86. The average molecular weight is 334 g/mol. The van der Waals surface area contributed by atoms with Gasteiger partial charge in [-0.15, -0.1) is 0 Å². The monoisotopic (exact) mass is 333 g/mol. The third-order valence-electron chi connectivity index (χ3n) is 3.34. The van der Waals surface area contributed by atoms with Gasteiger partial charge in [0.25, 0.3) is 0 Å². The first-order valence-corrected chi connectivity index (χ1v) is 7.06. The molecule has 0 amide bonds. The van der Waals surface area contributed by atoms with Crippen molar-refractivity contribution < 1.29 is 18.3 Å². The van der Waals surface area contributed by atoms with E-state index >= 15 is 0 Å². The zero-order chi connectivity index (χ0) is 16.6. The van der Waals surface area contributed by atoms with Crippen molar-refractivity contribution >= 4 is 29.5 Å². The van der Waals surface area contributed by atoms with Gasteiger partial charge in [-0.05, 0) is 36.3 Å². The molecule has 0 saturated carbocycles. The van der Waals surface area contributed by atoms with Gasteiger partial charge in [0.2, 0.25) is 5.90 Å². The smallest absolute Gasteiger partial charge is 0.363 e. The van der Waals surface area contributed by atoms with Gasteiger partial charge in [-0.2, -0.15) is 0 Å². The molecule has 0 unspecified atom stereocenters. The standard InChI is InChI=1S/C17H10ClF2NO2/c1-9-4-2-3-5-10(9)6-15-17(22)23-16(21-15)11-7-13(19)14(20)8-12(11)18/h2-8H,1H3. The van der Waals surface area contributed by atoms with Gasteiger partial charge in [-0.25, -0.2) is 18.6 Å². The molecule has 3 nitrogen and oxygen atoms in total. The Morgan fingerprint density at radius 2 is 1.87 bits per heavy atom. The summed E-state index contributed by atoms with van der Waals surface area (Å²) in [5.41, 5.74) is 1.85. The van der Waals surface area contributed by atoms with Crippen LogP contribution in [0.2, 0.25) is 5.02 Å². The van der Waals surface area contributed by atoms with Gasteiger partial charge in [-0.1, -0.05) is 35.9 Å². The number of rotatable bonds is 2. The maximum absolute atomic E-state index is 13.4.